The maximum atomic E-state index is 2.38. The van der Waals surface area contributed by atoms with Gasteiger partial charge in [-0.05, 0) is 19.3 Å². The van der Waals surface area contributed by atoms with Crippen LogP contribution in [0.15, 0.2) is 0 Å². The van der Waals surface area contributed by atoms with E-state index in [1.165, 1.54) is 120 Å². The van der Waals surface area contributed by atoms with E-state index in [2.05, 4.69) is 27.9 Å². The van der Waals surface area contributed by atoms with Gasteiger partial charge in [0.1, 0.15) is 0 Å². The van der Waals surface area contributed by atoms with Gasteiger partial charge in [-0.3, -0.25) is 0 Å². The molecule has 0 saturated heterocycles. The van der Waals surface area contributed by atoms with Gasteiger partial charge in [-0.15, -0.1) is 0 Å². The molecule has 0 bridgehead atoms. The molecule has 0 atom stereocenters. The van der Waals surface area contributed by atoms with Crippen molar-refractivity contribution in [2.45, 2.75) is 117 Å². The molecular formula is C22H48ClN. The topological polar surface area (TPSA) is 0 Å². The highest BCUT2D eigenvalue weighted by molar-refractivity contribution is 4.49. The molecule has 0 aliphatic carbocycles. The summed E-state index contributed by atoms with van der Waals surface area (Å²) in [5.74, 6) is 0. The van der Waals surface area contributed by atoms with E-state index in [1.807, 2.05) is 0 Å². The summed E-state index contributed by atoms with van der Waals surface area (Å²) in [5, 5.41) is 0. The first kappa shape index (κ1) is 26.5. The van der Waals surface area contributed by atoms with Crippen LogP contribution in [0.4, 0.5) is 0 Å². The van der Waals surface area contributed by atoms with E-state index < -0.39 is 0 Å². The van der Waals surface area contributed by atoms with Crippen molar-refractivity contribution in [3.05, 3.63) is 0 Å². The quantitative estimate of drug-likeness (QED) is 0.251. The molecule has 2 heteroatoms. The van der Waals surface area contributed by atoms with E-state index in [1.54, 1.807) is 0 Å². The molecule has 1 nitrogen and oxygen atoms in total. The molecule has 0 fully saturated rings. The van der Waals surface area contributed by atoms with Gasteiger partial charge in [-0.2, -0.15) is 0 Å². The lowest BCUT2D eigenvalue weighted by atomic mass is 10.0. The average Bonchev–Trinajstić information content (AvgIpc) is 2.51. The number of rotatable bonds is 18. The van der Waals surface area contributed by atoms with Gasteiger partial charge in [0.15, 0.2) is 0 Å². The van der Waals surface area contributed by atoms with Crippen molar-refractivity contribution in [3.8, 4) is 0 Å². The van der Waals surface area contributed by atoms with Gasteiger partial charge in [0.05, 0.1) is 27.2 Å². The van der Waals surface area contributed by atoms with Crippen molar-refractivity contribution >= 4 is 0 Å². The Bertz CT molecular complexity index is 228. The van der Waals surface area contributed by atoms with Gasteiger partial charge < -0.3 is 16.9 Å². The predicted molar refractivity (Wildman–Crippen MR) is 107 cm³/mol. The first-order chi connectivity index (χ1) is 11.1. The molecule has 0 aliphatic rings. The molecule has 0 heterocycles. The summed E-state index contributed by atoms with van der Waals surface area (Å²) in [5.41, 5.74) is 0. The number of quaternary nitrogens is 1. The van der Waals surface area contributed by atoms with Gasteiger partial charge in [-0.1, -0.05) is 97.3 Å². The second-order valence-electron chi connectivity index (χ2n) is 8.33. The molecule has 0 aromatic rings. The Balaban J connectivity index is 0. The van der Waals surface area contributed by atoms with Gasteiger partial charge >= 0.3 is 0 Å². The Morgan fingerprint density at radius 3 is 1.08 bits per heavy atom. The smallest absolute Gasteiger partial charge is 0.0782 e. The van der Waals surface area contributed by atoms with Crippen molar-refractivity contribution < 1.29 is 16.9 Å². The fourth-order valence-corrected chi connectivity index (χ4v) is 3.63. The van der Waals surface area contributed by atoms with Crippen LogP contribution in [0.25, 0.3) is 0 Å². The number of nitrogens with zero attached hydrogens (tertiary/aromatic N) is 1. The summed E-state index contributed by atoms with van der Waals surface area (Å²) in [6.45, 7) is 7.30. The van der Waals surface area contributed by atoms with E-state index in [-0.39, 0.29) is 12.4 Å². The standard InChI is InChI=1S/C22H48N.ClH/c1-5-7-8-9-10-11-12-13-14-15-16-17-18-19-20-22-23(3,4)21-6-2;/h5-22H2,1-4H3;1H/q+1;/p-1. The molecule has 0 aliphatic heterocycles. The van der Waals surface area contributed by atoms with Gasteiger partial charge in [0.25, 0.3) is 0 Å². The van der Waals surface area contributed by atoms with Crippen LogP contribution in [0.1, 0.15) is 117 Å². The Morgan fingerprint density at radius 1 is 0.417 bits per heavy atom. The highest BCUT2D eigenvalue weighted by Gasteiger charge is 2.11. The van der Waals surface area contributed by atoms with E-state index >= 15 is 0 Å². The molecule has 0 aromatic heterocycles. The predicted octanol–water partition coefficient (Wildman–Crippen LogP) is 4.35. The highest BCUT2D eigenvalue weighted by atomic mass is 35.5. The van der Waals surface area contributed by atoms with E-state index in [0.29, 0.717) is 0 Å². The van der Waals surface area contributed by atoms with Crippen molar-refractivity contribution in [1.29, 1.82) is 0 Å². The molecule has 0 aromatic carbocycles. The number of hydrogen-bond acceptors (Lipinski definition) is 0. The number of halogens is 1. The summed E-state index contributed by atoms with van der Waals surface area (Å²) in [6.07, 6.45) is 23.2. The largest absolute Gasteiger partial charge is 1.00 e. The molecule has 0 spiro atoms. The van der Waals surface area contributed by atoms with Crippen LogP contribution in [0, 0.1) is 0 Å². The van der Waals surface area contributed by atoms with Crippen molar-refractivity contribution in [2.75, 3.05) is 27.2 Å². The van der Waals surface area contributed by atoms with E-state index in [4.69, 9.17) is 0 Å². The van der Waals surface area contributed by atoms with Crippen LogP contribution in [0.5, 0.6) is 0 Å². The Kier molecular flexibility index (Phi) is 21.6. The lowest BCUT2D eigenvalue weighted by molar-refractivity contribution is -0.890. The first-order valence-corrected chi connectivity index (χ1v) is 10.9. The summed E-state index contributed by atoms with van der Waals surface area (Å²) in [6, 6.07) is 0. The number of unbranched alkanes of at least 4 members (excludes halogenated alkanes) is 14. The highest BCUT2D eigenvalue weighted by Crippen LogP contribution is 2.13. The van der Waals surface area contributed by atoms with E-state index in [9.17, 15) is 0 Å². The Labute approximate surface area is 161 Å². The third-order valence-corrected chi connectivity index (χ3v) is 5.20. The third kappa shape index (κ3) is 20.3. The average molecular weight is 362 g/mol. The minimum absolute atomic E-state index is 0. The monoisotopic (exact) mass is 361 g/mol. The molecule has 0 radical (unpaired) electrons. The van der Waals surface area contributed by atoms with Crippen LogP contribution in [0.3, 0.4) is 0 Å². The maximum absolute atomic E-state index is 2.38. The zero-order valence-electron chi connectivity index (χ0n) is 17.6. The molecule has 0 N–H and O–H groups in total. The molecular weight excluding hydrogens is 314 g/mol. The maximum Gasteiger partial charge on any atom is 0.0782 e. The molecule has 0 amide bonds. The molecule has 0 saturated carbocycles. The van der Waals surface area contributed by atoms with Crippen molar-refractivity contribution in [3.63, 3.8) is 0 Å². The number of hydrogen-bond donors (Lipinski definition) is 0. The van der Waals surface area contributed by atoms with Crippen LogP contribution in [-0.4, -0.2) is 31.7 Å². The molecule has 0 unspecified atom stereocenters. The summed E-state index contributed by atoms with van der Waals surface area (Å²) in [4.78, 5) is 0. The zero-order valence-corrected chi connectivity index (χ0v) is 18.3. The minimum Gasteiger partial charge on any atom is -1.00 e. The van der Waals surface area contributed by atoms with Crippen LogP contribution in [-0.2, 0) is 0 Å². The Hall–Kier alpha value is 0.250. The van der Waals surface area contributed by atoms with Crippen molar-refractivity contribution in [1.82, 2.24) is 0 Å². The van der Waals surface area contributed by atoms with Crippen LogP contribution < -0.4 is 12.4 Å². The lowest BCUT2D eigenvalue weighted by Crippen LogP contribution is -3.00. The summed E-state index contributed by atoms with van der Waals surface area (Å²) in [7, 11) is 4.76. The fraction of sp³-hybridized carbons (Fsp3) is 1.00. The van der Waals surface area contributed by atoms with Crippen LogP contribution in [0.2, 0.25) is 0 Å². The second-order valence-corrected chi connectivity index (χ2v) is 8.33. The normalized spacial score (nSPS) is 11.5. The first-order valence-electron chi connectivity index (χ1n) is 10.9. The van der Waals surface area contributed by atoms with Crippen LogP contribution >= 0.6 is 0 Å². The minimum atomic E-state index is 0. The van der Waals surface area contributed by atoms with E-state index in [0.717, 1.165) is 0 Å². The Morgan fingerprint density at radius 2 is 0.750 bits per heavy atom. The second kappa shape index (κ2) is 19.6. The summed E-state index contributed by atoms with van der Waals surface area (Å²) < 4.78 is 1.22. The van der Waals surface area contributed by atoms with Crippen molar-refractivity contribution in [2.24, 2.45) is 0 Å². The third-order valence-electron chi connectivity index (χ3n) is 5.20. The van der Waals surface area contributed by atoms with Gasteiger partial charge in [0, 0.05) is 0 Å². The zero-order chi connectivity index (χ0) is 17.2. The van der Waals surface area contributed by atoms with Gasteiger partial charge in [-0.25, -0.2) is 0 Å². The fourth-order valence-electron chi connectivity index (χ4n) is 3.63. The molecule has 148 valence electrons. The summed E-state index contributed by atoms with van der Waals surface area (Å²) >= 11 is 0. The molecule has 24 heavy (non-hydrogen) atoms. The SMILES string of the molecule is CCCCCCCCCCCCCCCCC[N+](C)(C)CCC.[Cl-]. The molecule has 0 rings (SSSR count). The lowest BCUT2D eigenvalue weighted by Gasteiger charge is -2.29. The van der Waals surface area contributed by atoms with Gasteiger partial charge in [0.2, 0.25) is 0 Å².